The van der Waals surface area contributed by atoms with Gasteiger partial charge in [-0.15, -0.1) is 0 Å². The molecule has 0 aliphatic heterocycles. The summed E-state index contributed by atoms with van der Waals surface area (Å²) in [5.74, 6) is -1.96. The first-order chi connectivity index (χ1) is 6.95. The Balaban J connectivity index is 0.000000288. The van der Waals surface area contributed by atoms with Crippen LogP contribution in [0.5, 0.6) is 0 Å². The average Bonchev–Trinajstić information content (AvgIpc) is 2.20. The molecule has 1 heterocycles. The van der Waals surface area contributed by atoms with E-state index in [-0.39, 0.29) is 11.6 Å². The van der Waals surface area contributed by atoms with Gasteiger partial charge in [0.1, 0.15) is 5.69 Å². The molecule has 0 fully saturated rings. The SMILES string of the molecule is CC(C)C(=O)O.O=C(O)c1ccccn1. The molecule has 5 heteroatoms. The molecule has 0 atom stereocenters. The molecule has 0 unspecified atom stereocenters. The summed E-state index contributed by atoms with van der Waals surface area (Å²) in [5, 5.41) is 16.3. The molecule has 82 valence electrons. The third-order valence-electron chi connectivity index (χ3n) is 1.38. The summed E-state index contributed by atoms with van der Waals surface area (Å²) in [6.45, 7) is 3.28. The van der Waals surface area contributed by atoms with Crippen LogP contribution >= 0.6 is 0 Å². The third-order valence-corrected chi connectivity index (χ3v) is 1.38. The first kappa shape index (κ1) is 13.1. The summed E-state index contributed by atoms with van der Waals surface area (Å²) in [7, 11) is 0. The van der Waals surface area contributed by atoms with Gasteiger partial charge in [-0.05, 0) is 12.1 Å². The molecule has 15 heavy (non-hydrogen) atoms. The van der Waals surface area contributed by atoms with E-state index in [9.17, 15) is 9.59 Å². The Labute approximate surface area is 87.4 Å². The lowest BCUT2D eigenvalue weighted by Crippen LogP contribution is -2.03. The molecule has 0 aromatic carbocycles. The molecular formula is C10H13NO4. The molecule has 0 aliphatic rings. The lowest BCUT2D eigenvalue weighted by atomic mass is 10.2. The van der Waals surface area contributed by atoms with Crippen LogP contribution in [-0.2, 0) is 4.79 Å². The number of aromatic carboxylic acids is 1. The van der Waals surface area contributed by atoms with E-state index in [1.807, 2.05) is 0 Å². The number of pyridine rings is 1. The predicted octanol–water partition coefficient (Wildman–Crippen LogP) is 1.51. The van der Waals surface area contributed by atoms with E-state index in [4.69, 9.17) is 10.2 Å². The van der Waals surface area contributed by atoms with Crippen molar-refractivity contribution < 1.29 is 19.8 Å². The molecule has 0 amide bonds. The number of hydrogen-bond donors (Lipinski definition) is 2. The summed E-state index contributed by atoms with van der Waals surface area (Å²) in [4.78, 5) is 23.4. The van der Waals surface area contributed by atoms with Crippen LogP contribution in [-0.4, -0.2) is 27.1 Å². The highest BCUT2D eigenvalue weighted by molar-refractivity contribution is 5.85. The van der Waals surface area contributed by atoms with Crippen molar-refractivity contribution in [3.63, 3.8) is 0 Å². The van der Waals surface area contributed by atoms with Crippen molar-refractivity contribution in [1.82, 2.24) is 4.98 Å². The standard InChI is InChI=1S/C6H5NO2.C4H8O2/c8-6(9)5-3-1-2-4-7-5;1-3(2)4(5)6/h1-4H,(H,8,9);3H,1-2H3,(H,5,6). The Hall–Kier alpha value is -1.91. The van der Waals surface area contributed by atoms with Gasteiger partial charge in [0, 0.05) is 6.20 Å². The molecule has 0 saturated heterocycles. The highest BCUT2D eigenvalue weighted by Gasteiger charge is 1.99. The molecule has 2 N–H and O–H groups in total. The minimum Gasteiger partial charge on any atom is -0.481 e. The zero-order chi connectivity index (χ0) is 11.8. The van der Waals surface area contributed by atoms with Crippen LogP contribution in [0.3, 0.4) is 0 Å². The van der Waals surface area contributed by atoms with Crippen molar-refractivity contribution in [3.05, 3.63) is 30.1 Å². The van der Waals surface area contributed by atoms with E-state index in [0.717, 1.165) is 0 Å². The molecule has 0 spiro atoms. The number of carbonyl (C=O) groups is 2. The van der Waals surface area contributed by atoms with Gasteiger partial charge in [-0.25, -0.2) is 9.78 Å². The molecule has 0 aliphatic carbocycles. The first-order valence-electron chi connectivity index (χ1n) is 4.32. The van der Waals surface area contributed by atoms with Crippen LogP contribution in [0.2, 0.25) is 0 Å². The molecule has 1 aromatic rings. The monoisotopic (exact) mass is 211 g/mol. The van der Waals surface area contributed by atoms with Crippen molar-refractivity contribution in [2.45, 2.75) is 13.8 Å². The van der Waals surface area contributed by atoms with E-state index in [1.165, 1.54) is 12.3 Å². The van der Waals surface area contributed by atoms with Crippen LogP contribution in [0.4, 0.5) is 0 Å². The highest BCUT2D eigenvalue weighted by atomic mass is 16.4. The second-order valence-corrected chi connectivity index (χ2v) is 3.01. The Kier molecular flexibility index (Phi) is 5.70. The van der Waals surface area contributed by atoms with Gasteiger partial charge in [-0.3, -0.25) is 4.79 Å². The summed E-state index contributed by atoms with van der Waals surface area (Å²) < 4.78 is 0. The van der Waals surface area contributed by atoms with Crippen LogP contribution in [0.1, 0.15) is 24.3 Å². The maximum Gasteiger partial charge on any atom is 0.354 e. The highest BCUT2D eigenvalue weighted by Crippen LogP contribution is 1.90. The maximum atomic E-state index is 10.1. The van der Waals surface area contributed by atoms with Gasteiger partial charge in [-0.1, -0.05) is 19.9 Å². The fourth-order valence-corrected chi connectivity index (χ4v) is 0.489. The summed E-state index contributed by atoms with van der Waals surface area (Å²) in [6, 6.07) is 4.76. The number of carboxylic acids is 2. The van der Waals surface area contributed by atoms with Gasteiger partial charge in [-0.2, -0.15) is 0 Å². The second-order valence-electron chi connectivity index (χ2n) is 3.01. The number of aliphatic carboxylic acids is 1. The van der Waals surface area contributed by atoms with Gasteiger partial charge in [0.2, 0.25) is 0 Å². The number of carboxylic acid groups (broad SMARTS) is 2. The molecule has 1 rings (SSSR count). The Morgan fingerprint density at radius 3 is 2.00 bits per heavy atom. The summed E-state index contributed by atoms with van der Waals surface area (Å²) in [6.07, 6.45) is 1.45. The van der Waals surface area contributed by atoms with Gasteiger partial charge in [0.15, 0.2) is 0 Å². The lowest BCUT2D eigenvalue weighted by molar-refractivity contribution is -0.140. The molecule has 0 radical (unpaired) electrons. The van der Waals surface area contributed by atoms with Crippen LogP contribution in [0, 0.1) is 5.92 Å². The van der Waals surface area contributed by atoms with E-state index in [0.29, 0.717) is 0 Å². The molecule has 0 saturated carbocycles. The first-order valence-corrected chi connectivity index (χ1v) is 4.32. The second kappa shape index (κ2) is 6.53. The number of hydrogen-bond acceptors (Lipinski definition) is 3. The molecule has 5 nitrogen and oxygen atoms in total. The van der Waals surface area contributed by atoms with Gasteiger partial charge in [0.25, 0.3) is 0 Å². The van der Waals surface area contributed by atoms with Crippen LogP contribution in [0.15, 0.2) is 24.4 Å². The normalized spacial score (nSPS) is 9.00. The Bertz CT molecular complexity index is 321. The van der Waals surface area contributed by atoms with Gasteiger partial charge in [0.05, 0.1) is 5.92 Å². The maximum absolute atomic E-state index is 10.1. The summed E-state index contributed by atoms with van der Waals surface area (Å²) in [5.41, 5.74) is 0.0810. The third kappa shape index (κ3) is 6.20. The van der Waals surface area contributed by atoms with E-state index in [2.05, 4.69) is 4.98 Å². The topological polar surface area (TPSA) is 87.5 Å². The molecule has 0 bridgehead atoms. The quantitative estimate of drug-likeness (QED) is 0.774. The Morgan fingerprint density at radius 2 is 1.80 bits per heavy atom. The Morgan fingerprint density at radius 1 is 1.27 bits per heavy atom. The number of aromatic nitrogens is 1. The summed E-state index contributed by atoms with van der Waals surface area (Å²) >= 11 is 0. The minimum atomic E-state index is -0.990. The van der Waals surface area contributed by atoms with E-state index < -0.39 is 11.9 Å². The van der Waals surface area contributed by atoms with Crippen molar-refractivity contribution >= 4 is 11.9 Å². The van der Waals surface area contributed by atoms with Crippen molar-refractivity contribution in [3.8, 4) is 0 Å². The van der Waals surface area contributed by atoms with Gasteiger partial charge < -0.3 is 10.2 Å². The van der Waals surface area contributed by atoms with Gasteiger partial charge >= 0.3 is 11.9 Å². The zero-order valence-corrected chi connectivity index (χ0v) is 8.54. The number of nitrogens with zero attached hydrogens (tertiary/aromatic N) is 1. The minimum absolute atomic E-state index is 0.0810. The lowest BCUT2D eigenvalue weighted by Gasteiger charge is -1.89. The van der Waals surface area contributed by atoms with Crippen LogP contribution in [0.25, 0.3) is 0 Å². The van der Waals surface area contributed by atoms with Crippen molar-refractivity contribution in [1.29, 1.82) is 0 Å². The van der Waals surface area contributed by atoms with E-state index in [1.54, 1.807) is 26.0 Å². The van der Waals surface area contributed by atoms with Crippen molar-refractivity contribution in [2.24, 2.45) is 5.92 Å². The number of rotatable bonds is 2. The van der Waals surface area contributed by atoms with Crippen molar-refractivity contribution in [2.75, 3.05) is 0 Å². The molecule has 1 aromatic heterocycles. The largest absolute Gasteiger partial charge is 0.481 e. The average molecular weight is 211 g/mol. The predicted molar refractivity (Wildman–Crippen MR) is 53.7 cm³/mol. The fraction of sp³-hybridized carbons (Fsp3) is 0.300. The smallest absolute Gasteiger partial charge is 0.354 e. The fourth-order valence-electron chi connectivity index (χ4n) is 0.489. The zero-order valence-electron chi connectivity index (χ0n) is 8.54. The van der Waals surface area contributed by atoms with Crippen LogP contribution < -0.4 is 0 Å². The van der Waals surface area contributed by atoms with E-state index >= 15 is 0 Å². The molecular weight excluding hydrogens is 198 g/mol.